The average Bonchev–Trinajstić information content (AvgIpc) is 2.48. The number of rotatable bonds is 4. The van der Waals surface area contributed by atoms with Gasteiger partial charge >= 0.3 is 0 Å². The predicted octanol–water partition coefficient (Wildman–Crippen LogP) is -1.40. The second kappa shape index (κ2) is 6.90. The van der Waals surface area contributed by atoms with Crippen LogP contribution in [0.1, 0.15) is 16.9 Å². The zero-order valence-corrected chi connectivity index (χ0v) is 12.0. The highest BCUT2D eigenvalue weighted by Crippen LogP contribution is 2.21. The maximum atomic E-state index is 11.9. The van der Waals surface area contributed by atoms with Crippen LogP contribution in [0.2, 0.25) is 0 Å². The fraction of sp³-hybridized carbons (Fsp3) is 0.615. The topological polar surface area (TPSA) is 108 Å². The van der Waals surface area contributed by atoms with Crippen LogP contribution in [0.3, 0.4) is 0 Å². The molecule has 2 rings (SSSR count). The molecule has 1 fully saturated rings. The number of nitrogens with one attached hydrogen (secondary N) is 1. The minimum absolute atomic E-state index is 0.220. The van der Waals surface area contributed by atoms with Gasteiger partial charge in [0.25, 0.3) is 5.91 Å². The Morgan fingerprint density at radius 1 is 1.48 bits per heavy atom. The van der Waals surface area contributed by atoms with Crippen LogP contribution < -0.4 is 5.32 Å². The highest BCUT2D eigenvalue weighted by molar-refractivity contribution is 5.91. The Morgan fingerprint density at radius 3 is 2.86 bits per heavy atom. The number of nitrogens with zero attached hydrogens (tertiary/aromatic N) is 3. The van der Waals surface area contributed by atoms with Crippen molar-refractivity contribution < 1.29 is 19.7 Å². The van der Waals surface area contributed by atoms with E-state index in [9.17, 15) is 15.0 Å². The molecular formula is C13H20N4O4. The number of carbonyl (C=O) groups is 1. The highest BCUT2D eigenvalue weighted by atomic mass is 16.6. The van der Waals surface area contributed by atoms with Crippen LogP contribution in [-0.2, 0) is 4.74 Å². The largest absolute Gasteiger partial charge is 0.386 e. The molecule has 21 heavy (non-hydrogen) atoms. The molecule has 1 aliphatic rings. The summed E-state index contributed by atoms with van der Waals surface area (Å²) in [6, 6.07) is -0.229. The number of aliphatic hydroxyl groups excluding tert-OH is 2. The van der Waals surface area contributed by atoms with Gasteiger partial charge in [0.15, 0.2) is 6.29 Å². The van der Waals surface area contributed by atoms with Crippen molar-refractivity contribution in [1.29, 1.82) is 0 Å². The van der Waals surface area contributed by atoms with Crippen molar-refractivity contribution in [3.8, 4) is 0 Å². The molecule has 4 atom stereocenters. The molecule has 1 aromatic heterocycles. The van der Waals surface area contributed by atoms with Gasteiger partial charge in [-0.15, -0.1) is 0 Å². The Bertz CT molecular complexity index is 470. The van der Waals surface area contributed by atoms with Gasteiger partial charge in [0.1, 0.15) is 11.8 Å². The van der Waals surface area contributed by atoms with Crippen molar-refractivity contribution >= 4 is 5.91 Å². The Kier molecular flexibility index (Phi) is 5.18. The third kappa shape index (κ3) is 3.94. The number of amides is 1. The molecule has 0 spiro atoms. The van der Waals surface area contributed by atoms with Gasteiger partial charge in [-0.25, -0.2) is 4.98 Å². The van der Waals surface area contributed by atoms with E-state index in [0.717, 1.165) is 0 Å². The summed E-state index contributed by atoms with van der Waals surface area (Å²) in [6.45, 7) is 0.226. The molecular weight excluding hydrogens is 276 g/mol. The lowest BCUT2D eigenvalue weighted by Crippen LogP contribution is -2.55. The van der Waals surface area contributed by atoms with Gasteiger partial charge in [-0.2, -0.15) is 0 Å². The van der Waals surface area contributed by atoms with Crippen molar-refractivity contribution in [2.45, 2.75) is 31.0 Å². The van der Waals surface area contributed by atoms with Gasteiger partial charge in [0.05, 0.1) is 12.3 Å². The number of carbonyl (C=O) groups excluding carboxylic acids is 1. The van der Waals surface area contributed by atoms with Crippen molar-refractivity contribution in [3.63, 3.8) is 0 Å². The van der Waals surface area contributed by atoms with E-state index < -0.39 is 12.4 Å². The van der Waals surface area contributed by atoms with Crippen LogP contribution in [0.15, 0.2) is 18.6 Å². The molecule has 0 radical (unpaired) electrons. The third-order valence-corrected chi connectivity index (χ3v) is 3.47. The Morgan fingerprint density at radius 2 is 2.24 bits per heavy atom. The summed E-state index contributed by atoms with van der Waals surface area (Å²) in [5, 5.41) is 22.3. The fourth-order valence-electron chi connectivity index (χ4n) is 2.29. The normalized spacial score (nSPS) is 29.4. The van der Waals surface area contributed by atoms with Crippen LogP contribution in [-0.4, -0.2) is 76.2 Å². The molecule has 8 heteroatoms. The molecule has 1 saturated heterocycles. The van der Waals surface area contributed by atoms with Crippen LogP contribution in [0.4, 0.5) is 0 Å². The standard InChI is InChI=1S/C13H20N4O4/c1-17(2)10-5-8(21-13(20)11(10)18)6-16-12(19)9-7-14-3-4-15-9/h3-4,7-8,10-11,13,18,20H,5-6H2,1-2H3,(H,16,19)/t8?,10?,11?,13-/m1/s1. The summed E-state index contributed by atoms with van der Waals surface area (Å²) in [5.74, 6) is -0.353. The van der Waals surface area contributed by atoms with Gasteiger partial charge in [-0.1, -0.05) is 0 Å². The van der Waals surface area contributed by atoms with E-state index >= 15 is 0 Å². The van der Waals surface area contributed by atoms with E-state index in [-0.39, 0.29) is 30.3 Å². The number of aromatic nitrogens is 2. The van der Waals surface area contributed by atoms with Gasteiger partial charge < -0.3 is 25.2 Å². The number of hydrogen-bond acceptors (Lipinski definition) is 7. The maximum Gasteiger partial charge on any atom is 0.271 e. The Labute approximate surface area is 122 Å². The Balaban J connectivity index is 1.90. The van der Waals surface area contributed by atoms with Crippen molar-refractivity contribution in [2.24, 2.45) is 0 Å². The molecule has 0 saturated carbocycles. The zero-order chi connectivity index (χ0) is 15.4. The number of ether oxygens (including phenoxy) is 1. The first-order valence-corrected chi connectivity index (χ1v) is 6.71. The van der Waals surface area contributed by atoms with Crippen LogP contribution >= 0.6 is 0 Å². The first-order chi connectivity index (χ1) is 9.99. The number of aliphatic hydroxyl groups is 2. The number of hydrogen-bond donors (Lipinski definition) is 3. The van der Waals surface area contributed by atoms with Gasteiger partial charge in [0, 0.05) is 25.0 Å². The summed E-state index contributed by atoms with van der Waals surface area (Å²) in [4.78, 5) is 21.4. The summed E-state index contributed by atoms with van der Waals surface area (Å²) in [7, 11) is 3.64. The van der Waals surface area contributed by atoms with Gasteiger partial charge in [-0.3, -0.25) is 9.78 Å². The van der Waals surface area contributed by atoms with Gasteiger partial charge in [-0.05, 0) is 20.5 Å². The second-order valence-corrected chi connectivity index (χ2v) is 5.21. The minimum Gasteiger partial charge on any atom is -0.386 e. The lowest BCUT2D eigenvalue weighted by Gasteiger charge is -2.40. The smallest absolute Gasteiger partial charge is 0.271 e. The molecule has 116 valence electrons. The van der Waals surface area contributed by atoms with E-state index in [0.29, 0.717) is 6.42 Å². The number of likely N-dealkylation sites (N-methyl/N-ethyl adjacent to an activating group) is 1. The van der Waals surface area contributed by atoms with Crippen LogP contribution in [0.5, 0.6) is 0 Å². The van der Waals surface area contributed by atoms with Gasteiger partial charge in [0.2, 0.25) is 0 Å². The molecule has 0 aliphatic carbocycles. The summed E-state index contributed by atoms with van der Waals surface area (Å²) < 4.78 is 5.29. The van der Waals surface area contributed by atoms with E-state index in [1.807, 2.05) is 19.0 Å². The third-order valence-electron chi connectivity index (χ3n) is 3.47. The first kappa shape index (κ1) is 15.8. The summed E-state index contributed by atoms with van der Waals surface area (Å²) >= 11 is 0. The predicted molar refractivity (Wildman–Crippen MR) is 73.3 cm³/mol. The van der Waals surface area contributed by atoms with Crippen LogP contribution in [0, 0.1) is 0 Å². The van der Waals surface area contributed by atoms with E-state index in [2.05, 4.69) is 15.3 Å². The SMILES string of the molecule is CN(C)C1CC(CNC(=O)c2cnccn2)O[C@@H](O)C1O. The monoisotopic (exact) mass is 296 g/mol. The Hall–Kier alpha value is -1.61. The van der Waals surface area contributed by atoms with Crippen molar-refractivity contribution in [3.05, 3.63) is 24.3 Å². The minimum atomic E-state index is -1.26. The molecule has 3 N–H and O–H groups in total. The summed E-state index contributed by atoms with van der Waals surface area (Å²) in [6.07, 6.45) is 2.20. The van der Waals surface area contributed by atoms with E-state index in [1.54, 1.807) is 0 Å². The second-order valence-electron chi connectivity index (χ2n) is 5.21. The highest BCUT2D eigenvalue weighted by Gasteiger charge is 2.37. The lowest BCUT2D eigenvalue weighted by atomic mass is 9.98. The average molecular weight is 296 g/mol. The molecule has 1 aromatic rings. The molecule has 2 heterocycles. The van der Waals surface area contributed by atoms with E-state index in [4.69, 9.17) is 4.74 Å². The molecule has 8 nitrogen and oxygen atoms in total. The molecule has 1 aliphatic heterocycles. The van der Waals surface area contributed by atoms with E-state index in [1.165, 1.54) is 18.6 Å². The maximum absolute atomic E-state index is 11.9. The quantitative estimate of drug-likeness (QED) is 0.627. The van der Waals surface area contributed by atoms with Crippen LogP contribution in [0.25, 0.3) is 0 Å². The lowest BCUT2D eigenvalue weighted by molar-refractivity contribution is -0.232. The molecule has 0 aromatic carbocycles. The first-order valence-electron chi connectivity index (χ1n) is 6.71. The van der Waals surface area contributed by atoms with Crippen molar-refractivity contribution in [1.82, 2.24) is 20.2 Å². The molecule has 3 unspecified atom stereocenters. The summed E-state index contributed by atoms with van der Waals surface area (Å²) in [5.41, 5.74) is 0.220. The molecule has 0 bridgehead atoms. The zero-order valence-electron chi connectivity index (χ0n) is 12.0. The molecule has 1 amide bonds. The fourth-order valence-corrected chi connectivity index (χ4v) is 2.29. The van der Waals surface area contributed by atoms with Crippen molar-refractivity contribution in [2.75, 3.05) is 20.6 Å².